The summed E-state index contributed by atoms with van der Waals surface area (Å²) in [7, 11) is 0. The number of esters is 2. The first kappa shape index (κ1) is 35.9. The molecule has 0 saturated heterocycles. The van der Waals surface area contributed by atoms with E-state index in [4.69, 9.17) is 13.9 Å². The van der Waals surface area contributed by atoms with Crippen molar-refractivity contribution in [3.63, 3.8) is 0 Å². The summed E-state index contributed by atoms with van der Waals surface area (Å²) in [5.41, 5.74) is 6.13. The van der Waals surface area contributed by atoms with Gasteiger partial charge in [0.25, 0.3) is 0 Å². The highest BCUT2D eigenvalue weighted by atomic mass is 16.5. The fourth-order valence-corrected chi connectivity index (χ4v) is 6.85. The predicted octanol–water partition coefficient (Wildman–Crippen LogP) is 9.15. The topological polar surface area (TPSA) is 82.8 Å². The van der Waals surface area contributed by atoms with Gasteiger partial charge in [-0.3, -0.25) is 14.4 Å². The number of hydrogen-bond donors (Lipinski definition) is 0. The number of furan rings is 1. The molecule has 5 rings (SSSR count). The largest absolute Gasteiger partial charge is 0.469 e. The van der Waals surface area contributed by atoms with Crippen LogP contribution in [-0.4, -0.2) is 23.8 Å². The fraction of sp³-hybridized carbons (Fsp3) is 0.488. The highest BCUT2D eigenvalue weighted by Crippen LogP contribution is 2.60. The Balaban J connectivity index is 0.000000215. The van der Waals surface area contributed by atoms with Gasteiger partial charge in [0.15, 0.2) is 5.78 Å². The van der Waals surface area contributed by atoms with Crippen molar-refractivity contribution in [2.75, 3.05) is 0 Å². The summed E-state index contributed by atoms with van der Waals surface area (Å²) < 4.78 is 16.8. The van der Waals surface area contributed by atoms with Crippen LogP contribution < -0.4 is 0 Å². The number of hydrogen-bond acceptors (Lipinski definition) is 6. The molecule has 0 amide bonds. The normalized spacial score (nSPS) is 24.8. The van der Waals surface area contributed by atoms with E-state index in [0.29, 0.717) is 6.42 Å². The molecule has 2 aromatic rings. The van der Waals surface area contributed by atoms with Crippen molar-refractivity contribution < 1.29 is 28.3 Å². The van der Waals surface area contributed by atoms with Gasteiger partial charge in [-0.1, -0.05) is 87.4 Å². The van der Waals surface area contributed by atoms with Gasteiger partial charge in [0.2, 0.25) is 0 Å². The van der Waals surface area contributed by atoms with Crippen molar-refractivity contribution in [2.45, 2.75) is 94.3 Å². The lowest BCUT2D eigenvalue weighted by atomic mass is 10.1. The van der Waals surface area contributed by atoms with Crippen molar-refractivity contribution in [1.82, 2.24) is 0 Å². The van der Waals surface area contributed by atoms with E-state index in [1.807, 2.05) is 45.0 Å². The average molecular weight is 641 g/mol. The zero-order valence-electron chi connectivity index (χ0n) is 29.6. The van der Waals surface area contributed by atoms with Gasteiger partial charge in [-0.15, -0.1) is 6.58 Å². The lowest BCUT2D eigenvalue weighted by Crippen LogP contribution is -2.20. The lowest BCUT2D eigenvalue weighted by Gasteiger charge is -2.13. The minimum atomic E-state index is -0.390. The molecule has 0 radical (unpaired) electrons. The number of benzene rings is 1. The summed E-state index contributed by atoms with van der Waals surface area (Å²) in [5, 5.41) is 0. The molecule has 3 aliphatic rings. The number of ketones is 1. The molecular weight excluding hydrogens is 588 g/mol. The van der Waals surface area contributed by atoms with Gasteiger partial charge in [0, 0.05) is 17.6 Å². The zero-order chi connectivity index (χ0) is 34.7. The monoisotopic (exact) mass is 640 g/mol. The summed E-state index contributed by atoms with van der Waals surface area (Å²) in [4.78, 5) is 36.9. The van der Waals surface area contributed by atoms with Crippen LogP contribution in [0.25, 0.3) is 0 Å². The van der Waals surface area contributed by atoms with Crippen LogP contribution in [0.15, 0.2) is 94.2 Å². The zero-order valence-corrected chi connectivity index (χ0v) is 29.6. The first-order valence-electron chi connectivity index (χ1n) is 16.7. The van der Waals surface area contributed by atoms with Crippen molar-refractivity contribution >= 4 is 17.7 Å². The van der Waals surface area contributed by atoms with Gasteiger partial charge in [-0.2, -0.15) is 0 Å². The van der Waals surface area contributed by atoms with Crippen LogP contribution in [0.5, 0.6) is 0 Å². The van der Waals surface area contributed by atoms with Gasteiger partial charge in [-0.25, -0.2) is 0 Å². The second-order valence-corrected chi connectivity index (χ2v) is 15.0. The summed E-state index contributed by atoms with van der Waals surface area (Å²) in [5.74, 6) is 1.04. The molecule has 1 heterocycles. The second kappa shape index (κ2) is 14.5. The van der Waals surface area contributed by atoms with Crippen LogP contribution >= 0.6 is 0 Å². The minimum absolute atomic E-state index is 0.0107. The van der Waals surface area contributed by atoms with Crippen LogP contribution in [0.1, 0.15) is 92.0 Å². The molecule has 0 N–H and O–H groups in total. The Morgan fingerprint density at radius 2 is 1.49 bits per heavy atom. The Hall–Kier alpha value is -3.93. The number of ether oxygens (including phenoxy) is 2. The molecule has 0 aliphatic heterocycles. The molecule has 3 unspecified atom stereocenters. The van der Waals surface area contributed by atoms with Crippen molar-refractivity contribution in [2.24, 2.45) is 34.5 Å². The van der Waals surface area contributed by atoms with Crippen LogP contribution in [0.4, 0.5) is 0 Å². The number of carbonyl (C=O) groups is 3. The molecule has 1 aromatic heterocycles. The standard InChI is InChI=1S/C22H26O3.C19H26O3/c1-15(2)10-19-20(22(19,3)4)21(23)25-14-17-12-18(24-13-17)11-16-8-6-5-7-9-16;1-7-8-13-12(4)16(10-15(13)20)22-18(21)17-14(9-11(2)3)19(17,5)6/h5-10,12-13,19-20H,11,14H2,1-4H3;7,9,14,16-17H,1,8,10H2,2-6H3/t19-,20+;/m1./s1. The van der Waals surface area contributed by atoms with Crippen LogP contribution in [0.2, 0.25) is 0 Å². The average Bonchev–Trinajstić information content (AvgIpc) is 3.50. The Morgan fingerprint density at radius 1 is 0.915 bits per heavy atom. The smallest absolute Gasteiger partial charge is 0.310 e. The quantitative estimate of drug-likeness (QED) is 0.180. The Bertz CT molecular complexity index is 1570. The summed E-state index contributed by atoms with van der Waals surface area (Å²) in [6, 6.07) is 12.1. The maximum absolute atomic E-state index is 12.5. The first-order valence-corrected chi connectivity index (χ1v) is 16.7. The number of carbonyl (C=O) groups excluding carboxylic acids is 3. The summed E-state index contributed by atoms with van der Waals surface area (Å²) in [6.45, 7) is 22.5. The predicted molar refractivity (Wildman–Crippen MR) is 185 cm³/mol. The highest BCUT2D eigenvalue weighted by Gasteiger charge is 2.62. The number of Topliss-reactive ketones (excluding diaryl/α,β-unsaturated/α-hetero) is 1. The summed E-state index contributed by atoms with van der Waals surface area (Å²) >= 11 is 0. The van der Waals surface area contributed by atoms with Crippen molar-refractivity contribution in [3.8, 4) is 0 Å². The van der Waals surface area contributed by atoms with Gasteiger partial charge in [0.05, 0.1) is 24.5 Å². The van der Waals surface area contributed by atoms with E-state index in [-0.39, 0.29) is 65.3 Å². The molecule has 6 heteroatoms. The van der Waals surface area contributed by atoms with Gasteiger partial charge in [0.1, 0.15) is 18.5 Å². The van der Waals surface area contributed by atoms with E-state index < -0.39 is 6.10 Å². The third kappa shape index (κ3) is 8.51. The number of rotatable bonds is 11. The van der Waals surface area contributed by atoms with E-state index in [9.17, 15) is 14.4 Å². The molecule has 47 heavy (non-hydrogen) atoms. The third-order valence-corrected chi connectivity index (χ3v) is 9.94. The molecule has 3 aliphatic carbocycles. The van der Waals surface area contributed by atoms with E-state index >= 15 is 0 Å². The van der Waals surface area contributed by atoms with E-state index in [0.717, 1.165) is 28.9 Å². The molecular formula is C41H52O6. The van der Waals surface area contributed by atoms with Crippen LogP contribution in [0, 0.1) is 34.5 Å². The molecule has 6 nitrogen and oxygen atoms in total. The Morgan fingerprint density at radius 3 is 2.04 bits per heavy atom. The molecule has 2 saturated carbocycles. The minimum Gasteiger partial charge on any atom is -0.469 e. The van der Waals surface area contributed by atoms with E-state index in [2.05, 4.69) is 72.4 Å². The molecule has 1 aromatic carbocycles. The molecule has 0 bridgehead atoms. The maximum atomic E-state index is 12.5. The van der Waals surface area contributed by atoms with Crippen LogP contribution in [-0.2, 0) is 36.9 Å². The molecule has 252 valence electrons. The molecule has 5 atom stereocenters. The fourth-order valence-electron chi connectivity index (χ4n) is 6.85. The van der Waals surface area contributed by atoms with E-state index in [1.54, 1.807) is 12.3 Å². The lowest BCUT2D eigenvalue weighted by molar-refractivity contribution is -0.150. The van der Waals surface area contributed by atoms with Gasteiger partial charge in [-0.05, 0) is 80.9 Å². The first-order chi connectivity index (χ1) is 22.1. The second-order valence-electron chi connectivity index (χ2n) is 15.0. The number of allylic oxidation sites excluding steroid dienone is 6. The highest BCUT2D eigenvalue weighted by molar-refractivity contribution is 6.00. The Kier molecular flexibility index (Phi) is 11.0. The van der Waals surface area contributed by atoms with Crippen molar-refractivity contribution in [1.29, 1.82) is 0 Å². The van der Waals surface area contributed by atoms with E-state index in [1.165, 1.54) is 16.7 Å². The SMILES string of the molecule is C=CCC1=C(C)C(OC(=O)C2C(C=C(C)C)C2(C)C)CC1=O.CC(C)=C[C@@H]1[C@@H](C(=O)OCc2coc(Cc3ccccc3)c2)C1(C)C. The summed E-state index contributed by atoms with van der Waals surface area (Å²) in [6.07, 6.45) is 8.91. The molecule has 2 fully saturated rings. The Labute approximate surface area is 281 Å². The maximum Gasteiger partial charge on any atom is 0.310 e. The third-order valence-electron chi connectivity index (χ3n) is 9.94. The molecule has 0 spiro atoms. The van der Waals surface area contributed by atoms with Crippen LogP contribution in [0.3, 0.4) is 0 Å². The van der Waals surface area contributed by atoms with Gasteiger partial charge < -0.3 is 13.9 Å². The van der Waals surface area contributed by atoms with Gasteiger partial charge >= 0.3 is 11.9 Å². The van der Waals surface area contributed by atoms with Crippen molar-refractivity contribution in [3.05, 3.63) is 107 Å².